The van der Waals surface area contributed by atoms with Gasteiger partial charge in [-0.2, -0.15) is 0 Å². The number of carbonyl (C=O) groups is 1. The van der Waals surface area contributed by atoms with Gasteiger partial charge in [0.15, 0.2) is 11.7 Å². The van der Waals surface area contributed by atoms with E-state index >= 15 is 0 Å². The first-order valence-electron chi connectivity index (χ1n) is 10.7. The lowest BCUT2D eigenvalue weighted by molar-refractivity contribution is -0.116. The van der Waals surface area contributed by atoms with Gasteiger partial charge >= 0.3 is 0 Å². The summed E-state index contributed by atoms with van der Waals surface area (Å²) in [6, 6.07) is 9.83. The van der Waals surface area contributed by atoms with Crippen LogP contribution in [0, 0.1) is 5.92 Å². The molecular weight excluding hydrogens is 378 g/mol. The van der Waals surface area contributed by atoms with E-state index in [1.807, 2.05) is 44.2 Å². The molecule has 0 fully saturated rings. The molecule has 2 aromatic rings. The van der Waals surface area contributed by atoms with Gasteiger partial charge in [-0.05, 0) is 36.5 Å². The van der Waals surface area contributed by atoms with Crippen molar-refractivity contribution in [3.8, 4) is 0 Å². The minimum Gasteiger partial charge on any atom is -0.359 e. The average Bonchev–Trinajstić information content (AvgIpc) is 3.17. The second-order valence-electron chi connectivity index (χ2n) is 7.86. The lowest BCUT2D eigenvalue weighted by atomic mass is 9.99. The molecule has 0 radical (unpaired) electrons. The number of hydrogen-bond donors (Lipinski definition) is 3. The molecule has 0 aliphatic heterocycles. The summed E-state index contributed by atoms with van der Waals surface area (Å²) in [4.78, 5) is 16.2. The summed E-state index contributed by atoms with van der Waals surface area (Å²) in [6.45, 7) is 9.49. The van der Waals surface area contributed by atoms with Crippen LogP contribution in [0.15, 0.2) is 39.8 Å². The highest BCUT2D eigenvalue weighted by Crippen LogP contribution is 2.22. The molecule has 1 amide bonds. The number of rotatable bonds is 10. The number of nitrogens with one attached hydrogen (secondary N) is 3. The number of anilines is 1. The highest BCUT2D eigenvalue weighted by Gasteiger charge is 2.13. The fraction of sp³-hybridized carbons (Fsp3) is 0.522. The molecule has 1 heterocycles. The van der Waals surface area contributed by atoms with Crippen molar-refractivity contribution in [2.24, 2.45) is 10.9 Å². The van der Waals surface area contributed by atoms with E-state index in [-0.39, 0.29) is 5.91 Å². The van der Waals surface area contributed by atoms with Crippen LogP contribution in [-0.2, 0) is 17.9 Å². The van der Waals surface area contributed by atoms with Crippen molar-refractivity contribution in [3.05, 3.63) is 47.3 Å². The Bertz CT molecular complexity index is 825. The summed E-state index contributed by atoms with van der Waals surface area (Å²) in [5.41, 5.74) is 2.87. The van der Waals surface area contributed by atoms with E-state index in [9.17, 15) is 4.79 Å². The molecule has 0 aliphatic carbocycles. The van der Waals surface area contributed by atoms with E-state index < -0.39 is 0 Å². The molecule has 0 spiro atoms. The Hall–Kier alpha value is -2.83. The van der Waals surface area contributed by atoms with Gasteiger partial charge in [-0.1, -0.05) is 45.0 Å². The zero-order valence-electron chi connectivity index (χ0n) is 18.8. The molecule has 3 N–H and O–H groups in total. The van der Waals surface area contributed by atoms with Crippen LogP contribution in [0.1, 0.15) is 69.9 Å². The third-order valence-electron chi connectivity index (χ3n) is 4.90. The number of benzene rings is 1. The maximum atomic E-state index is 12.0. The van der Waals surface area contributed by atoms with Gasteiger partial charge in [0, 0.05) is 37.7 Å². The number of aliphatic imine (C=N–C) groups is 1. The standard InChI is InChI=1S/C23H35N5O2/c1-6-18(7-2)21-13-20(30-28-21)15-26-23(24-5)25-14-17-9-8-10-19(12-17)27-22(29)11-16(3)4/h8-10,12-13,16,18H,6-7,11,14-15H2,1-5H3,(H,27,29)(H2,24,25,26). The monoisotopic (exact) mass is 413 g/mol. The Labute approximate surface area is 179 Å². The van der Waals surface area contributed by atoms with Gasteiger partial charge in [0.05, 0.1) is 12.2 Å². The van der Waals surface area contributed by atoms with E-state index in [1.54, 1.807) is 7.05 Å². The van der Waals surface area contributed by atoms with Crippen LogP contribution in [0.25, 0.3) is 0 Å². The van der Waals surface area contributed by atoms with Gasteiger partial charge in [0.25, 0.3) is 0 Å². The molecule has 0 saturated carbocycles. The molecule has 0 aliphatic rings. The topological polar surface area (TPSA) is 91.6 Å². The van der Waals surface area contributed by atoms with Crippen molar-refractivity contribution >= 4 is 17.6 Å². The van der Waals surface area contributed by atoms with Crippen LogP contribution in [0.5, 0.6) is 0 Å². The zero-order chi connectivity index (χ0) is 21.9. The van der Waals surface area contributed by atoms with Crippen LogP contribution in [0.4, 0.5) is 5.69 Å². The Kier molecular flexibility index (Phi) is 9.38. The Morgan fingerprint density at radius 2 is 1.87 bits per heavy atom. The normalized spacial score (nSPS) is 11.8. The Morgan fingerprint density at radius 1 is 1.13 bits per heavy atom. The van der Waals surface area contributed by atoms with Crippen LogP contribution in [0.2, 0.25) is 0 Å². The van der Waals surface area contributed by atoms with Crippen molar-refractivity contribution in [1.82, 2.24) is 15.8 Å². The highest BCUT2D eigenvalue weighted by atomic mass is 16.5. The smallest absolute Gasteiger partial charge is 0.224 e. The SMILES string of the molecule is CCC(CC)c1cc(CNC(=NC)NCc2cccc(NC(=O)CC(C)C)c2)on1. The number of amides is 1. The Balaban J connectivity index is 1.86. The first-order valence-corrected chi connectivity index (χ1v) is 10.7. The van der Waals surface area contributed by atoms with Crippen LogP contribution in [0.3, 0.4) is 0 Å². The summed E-state index contributed by atoms with van der Waals surface area (Å²) >= 11 is 0. The third kappa shape index (κ3) is 7.54. The van der Waals surface area contributed by atoms with Gasteiger partial charge in [-0.3, -0.25) is 9.79 Å². The fourth-order valence-electron chi connectivity index (χ4n) is 3.23. The molecule has 7 nitrogen and oxygen atoms in total. The largest absolute Gasteiger partial charge is 0.359 e. The molecule has 2 rings (SSSR count). The molecule has 0 saturated heterocycles. The molecule has 7 heteroatoms. The fourth-order valence-corrected chi connectivity index (χ4v) is 3.23. The number of nitrogens with zero attached hydrogens (tertiary/aromatic N) is 2. The quantitative estimate of drug-likeness (QED) is 0.396. The van der Waals surface area contributed by atoms with E-state index in [2.05, 4.69) is 39.9 Å². The summed E-state index contributed by atoms with van der Waals surface area (Å²) < 4.78 is 5.45. The minimum atomic E-state index is 0.0346. The zero-order valence-corrected chi connectivity index (χ0v) is 18.8. The summed E-state index contributed by atoms with van der Waals surface area (Å²) in [5.74, 6) is 2.26. The van der Waals surface area contributed by atoms with Gasteiger partial charge in [-0.25, -0.2) is 0 Å². The van der Waals surface area contributed by atoms with Crippen molar-refractivity contribution in [2.75, 3.05) is 12.4 Å². The molecule has 30 heavy (non-hydrogen) atoms. The average molecular weight is 414 g/mol. The van der Waals surface area contributed by atoms with E-state index in [4.69, 9.17) is 4.52 Å². The van der Waals surface area contributed by atoms with Crippen molar-refractivity contribution < 1.29 is 9.32 Å². The summed E-state index contributed by atoms with van der Waals surface area (Å²) in [5, 5.41) is 13.7. The van der Waals surface area contributed by atoms with E-state index in [1.165, 1.54) is 0 Å². The third-order valence-corrected chi connectivity index (χ3v) is 4.90. The molecule has 1 aromatic heterocycles. The molecule has 0 atom stereocenters. The summed E-state index contributed by atoms with van der Waals surface area (Å²) in [6.07, 6.45) is 2.62. The van der Waals surface area contributed by atoms with Gasteiger partial charge in [-0.15, -0.1) is 0 Å². The molecule has 0 unspecified atom stereocenters. The van der Waals surface area contributed by atoms with Crippen molar-refractivity contribution in [1.29, 1.82) is 0 Å². The second kappa shape index (κ2) is 12.0. The first kappa shape index (κ1) is 23.4. The molecular formula is C23H35N5O2. The maximum absolute atomic E-state index is 12.0. The minimum absolute atomic E-state index is 0.0346. The molecule has 1 aromatic carbocycles. The van der Waals surface area contributed by atoms with Crippen LogP contribution in [-0.4, -0.2) is 24.1 Å². The predicted octanol–water partition coefficient (Wildman–Crippen LogP) is 4.43. The second-order valence-corrected chi connectivity index (χ2v) is 7.86. The van der Waals surface area contributed by atoms with Crippen LogP contribution >= 0.6 is 0 Å². The number of aromatic nitrogens is 1. The highest BCUT2D eigenvalue weighted by molar-refractivity contribution is 5.90. The number of hydrogen-bond acceptors (Lipinski definition) is 4. The summed E-state index contributed by atoms with van der Waals surface area (Å²) in [7, 11) is 1.73. The maximum Gasteiger partial charge on any atom is 0.224 e. The van der Waals surface area contributed by atoms with Gasteiger partial charge < -0.3 is 20.5 Å². The van der Waals surface area contributed by atoms with Gasteiger partial charge in [0.2, 0.25) is 5.91 Å². The van der Waals surface area contributed by atoms with Crippen LogP contribution < -0.4 is 16.0 Å². The Morgan fingerprint density at radius 3 is 2.53 bits per heavy atom. The number of carbonyl (C=O) groups excluding carboxylic acids is 1. The lowest BCUT2D eigenvalue weighted by Crippen LogP contribution is -2.36. The predicted molar refractivity (Wildman–Crippen MR) is 121 cm³/mol. The van der Waals surface area contributed by atoms with Crippen molar-refractivity contribution in [3.63, 3.8) is 0 Å². The lowest BCUT2D eigenvalue weighted by Gasteiger charge is -2.12. The van der Waals surface area contributed by atoms with E-state index in [0.717, 1.165) is 35.5 Å². The molecule has 0 bridgehead atoms. The number of guanidine groups is 1. The molecule has 164 valence electrons. The first-order chi connectivity index (χ1) is 14.4. The van der Waals surface area contributed by atoms with E-state index in [0.29, 0.717) is 37.3 Å². The van der Waals surface area contributed by atoms with Crippen molar-refractivity contribution in [2.45, 2.75) is 66.0 Å². The van der Waals surface area contributed by atoms with Gasteiger partial charge in [0.1, 0.15) is 0 Å².